The first-order valence-electron chi connectivity index (χ1n) is 8.17. The van der Waals surface area contributed by atoms with Crippen LogP contribution in [0.15, 0.2) is 30.3 Å². The van der Waals surface area contributed by atoms with Gasteiger partial charge in [-0.05, 0) is 68.5 Å². The first-order valence-corrected chi connectivity index (χ1v) is 8.99. The summed E-state index contributed by atoms with van der Waals surface area (Å²) in [4.78, 5) is 25.9. The summed E-state index contributed by atoms with van der Waals surface area (Å²) in [5.41, 5.74) is 2.73. The molecule has 3 nitrogen and oxygen atoms in total. The molecule has 1 N–H and O–H groups in total. The Hall–Kier alpha value is -1.94. The van der Waals surface area contributed by atoms with E-state index in [0.29, 0.717) is 5.56 Å². The van der Waals surface area contributed by atoms with Crippen LogP contribution in [-0.2, 0) is 12.8 Å². The van der Waals surface area contributed by atoms with Crippen molar-refractivity contribution < 1.29 is 9.59 Å². The van der Waals surface area contributed by atoms with Crippen LogP contribution >= 0.6 is 11.3 Å². The van der Waals surface area contributed by atoms with Gasteiger partial charge in [0.05, 0.1) is 4.88 Å². The number of amides is 1. The summed E-state index contributed by atoms with van der Waals surface area (Å²) in [5.74, 6) is -0.0294. The number of thiophene rings is 1. The molecule has 0 fully saturated rings. The molecular weight excluding hydrogens is 306 g/mol. The van der Waals surface area contributed by atoms with E-state index in [9.17, 15) is 9.59 Å². The molecule has 23 heavy (non-hydrogen) atoms. The van der Waals surface area contributed by atoms with Crippen molar-refractivity contribution in [3.63, 3.8) is 0 Å². The van der Waals surface area contributed by atoms with E-state index >= 15 is 0 Å². The van der Waals surface area contributed by atoms with Gasteiger partial charge in [0.25, 0.3) is 5.91 Å². The van der Waals surface area contributed by atoms with Gasteiger partial charge in [-0.25, -0.2) is 0 Å². The number of hydrogen-bond acceptors (Lipinski definition) is 3. The van der Waals surface area contributed by atoms with Crippen molar-refractivity contribution in [1.29, 1.82) is 0 Å². The van der Waals surface area contributed by atoms with Crippen molar-refractivity contribution in [3.8, 4) is 0 Å². The molecule has 0 bridgehead atoms. The Kier molecular flexibility index (Phi) is 4.91. The molecular formula is C19H21NO2S. The Morgan fingerprint density at radius 3 is 2.39 bits per heavy atom. The van der Waals surface area contributed by atoms with Crippen LogP contribution in [0.4, 0.5) is 5.69 Å². The van der Waals surface area contributed by atoms with Gasteiger partial charge in [-0.15, -0.1) is 11.3 Å². The molecule has 1 amide bonds. The molecule has 0 atom stereocenters. The Labute approximate surface area is 140 Å². The van der Waals surface area contributed by atoms with Gasteiger partial charge in [-0.3, -0.25) is 9.59 Å². The van der Waals surface area contributed by atoms with Gasteiger partial charge in [0.15, 0.2) is 5.78 Å². The monoisotopic (exact) mass is 327 g/mol. The lowest BCUT2D eigenvalue weighted by molar-refractivity contribution is 0.101. The van der Waals surface area contributed by atoms with Crippen molar-refractivity contribution in [1.82, 2.24) is 0 Å². The van der Waals surface area contributed by atoms with Crippen LogP contribution < -0.4 is 5.32 Å². The second-order valence-electron chi connectivity index (χ2n) is 6.06. The number of Topliss-reactive ketones (excluding diaryl/α,β-unsaturated/α-hetero) is 1. The fraction of sp³-hybridized carbons (Fsp3) is 0.368. The number of carbonyl (C=O) groups is 2. The van der Waals surface area contributed by atoms with Gasteiger partial charge < -0.3 is 5.32 Å². The Balaban J connectivity index is 1.72. The topological polar surface area (TPSA) is 46.2 Å². The molecule has 2 aromatic rings. The van der Waals surface area contributed by atoms with E-state index in [2.05, 4.69) is 11.4 Å². The molecule has 0 saturated carbocycles. The number of aryl methyl sites for hydroxylation is 2. The highest BCUT2D eigenvalue weighted by molar-refractivity contribution is 7.14. The quantitative estimate of drug-likeness (QED) is 0.818. The predicted octanol–water partition coefficient (Wildman–Crippen LogP) is 4.86. The van der Waals surface area contributed by atoms with Gasteiger partial charge in [0.2, 0.25) is 0 Å². The highest BCUT2D eigenvalue weighted by atomic mass is 32.1. The van der Waals surface area contributed by atoms with Crippen LogP contribution in [0.25, 0.3) is 0 Å². The molecule has 1 aromatic carbocycles. The zero-order valence-electron chi connectivity index (χ0n) is 13.4. The third kappa shape index (κ3) is 3.88. The summed E-state index contributed by atoms with van der Waals surface area (Å²) in [6.45, 7) is 1.54. The third-order valence-electron chi connectivity index (χ3n) is 4.27. The first-order chi connectivity index (χ1) is 11.1. The molecule has 120 valence electrons. The van der Waals surface area contributed by atoms with Crippen molar-refractivity contribution in [2.75, 3.05) is 5.32 Å². The molecule has 1 aliphatic rings. The van der Waals surface area contributed by atoms with Gasteiger partial charge in [-0.2, -0.15) is 0 Å². The molecule has 0 radical (unpaired) electrons. The summed E-state index contributed by atoms with van der Waals surface area (Å²) in [6, 6.07) is 9.10. The molecule has 1 aliphatic carbocycles. The van der Waals surface area contributed by atoms with Crippen LogP contribution in [0.5, 0.6) is 0 Å². The maximum absolute atomic E-state index is 12.5. The van der Waals surface area contributed by atoms with Crippen LogP contribution in [0, 0.1) is 0 Å². The largest absolute Gasteiger partial charge is 0.321 e. The first kappa shape index (κ1) is 15.9. The number of ketones is 1. The normalized spacial score (nSPS) is 14.5. The molecule has 0 aliphatic heterocycles. The lowest BCUT2D eigenvalue weighted by Crippen LogP contribution is -2.10. The van der Waals surface area contributed by atoms with Crippen LogP contribution in [-0.4, -0.2) is 11.7 Å². The van der Waals surface area contributed by atoms with E-state index in [-0.39, 0.29) is 11.7 Å². The summed E-state index contributed by atoms with van der Waals surface area (Å²) in [7, 11) is 0. The zero-order valence-corrected chi connectivity index (χ0v) is 14.2. The fourth-order valence-electron chi connectivity index (χ4n) is 2.94. The highest BCUT2D eigenvalue weighted by Gasteiger charge is 2.16. The Morgan fingerprint density at radius 1 is 1.00 bits per heavy atom. The number of carbonyl (C=O) groups excluding carboxylic acids is 2. The molecule has 0 saturated heterocycles. The van der Waals surface area contributed by atoms with E-state index < -0.39 is 0 Å². The number of nitrogens with one attached hydrogen (secondary N) is 1. The zero-order chi connectivity index (χ0) is 16.2. The standard InChI is InChI=1S/C19H21NO2S/c1-13(21)14-8-10-16(11-9-14)20-19(22)18-12-15-6-4-2-3-5-7-17(15)23-18/h8-12H,2-7H2,1H3,(H,20,22). The molecule has 0 spiro atoms. The average Bonchev–Trinajstić information content (AvgIpc) is 2.90. The van der Waals surface area contributed by atoms with Gasteiger partial charge in [0.1, 0.15) is 0 Å². The second-order valence-corrected chi connectivity index (χ2v) is 7.20. The lowest BCUT2D eigenvalue weighted by Gasteiger charge is -2.07. The summed E-state index contributed by atoms with van der Waals surface area (Å²) in [6.07, 6.45) is 7.21. The maximum Gasteiger partial charge on any atom is 0.265 e. The van der Waals surface area contributed by atoms with Gasteiger partial charge in [0, 0.05) is 16.1 Å². The summed E-state index contributed by atoms with van der Waals surface area (Å²) < 4.78 is 0. The number of fused-ring (bicyclic) bond motifs is 1. The molecule has 1 heterocycles. The van der Waals surface area contributed by atoms with Gasteiger partial charge in [-0.1, -0.05) is 12.8 Å². The van der Waals surface area contributed by atoms with Crippen LogP contribution in [0.3, 0.4) is 0 Å². The predicted molar refractivity (Wildman–Crippen MR) is 94.6 cm³/mol. The van der Waals surface area contributed by atoms with E-state index in [0.717, 1.165) is 23.4 Å². The van der Waals surface area contributed by atoms with Gasteiger partial charge >= 0.3 is 0 Å². The average molecular weight is 327 g/mol. The SMILES string of the molecule is CC(=O)c1ccc(NC(=O)c2cc3c(s2)CCCCCC3)cc1. The number of hydrogen-bond donors (Lipinski definition) is 1. The van der Waals surface area contributed by atoms with Crippen molar-refractivity contribution in [2.45, 2.75) is 45.4 Å². The number of anilines is 1. The minimum Gasteiger partial charge on any atom is -0.321 e. The Bertz CT molecular complexity index is 690. The van der Waals surface area contributed by atoms with E-state index in [4.69, 9.17) is 0 Å². The molecule has 3 rings (SSSR count). The van der Waals surface area contributed by atoms with E-state index in [1.807, 2.05) is 0 Å². The molecule has 1 aromatic heterocycles. The van der Waals surface area contributed by atoms with E-state index in [1.54, 1.807) is 35.6 Å². The number of benzene rings is 1. The van der Waals surface area contributed by atoms with Crippen molar-refractivity contribution in [2.24, 2.45) is 0 Å². The lowest BCUT2D eigenvalue weighted by atomic mass is 10.00. The minimum atomic E-state index is -0.0580. The Morgan fingerprint density at radius 2 is 1.70 bits per heavy atom. The minimum absolute atomic E-state index is 0.0286. The second kappa shape index (κ2) is 7.09. The van der Waals surface area contributed by atoms with Crippen molar-refractivity contribution >= 4 is 28.7 Å². The smallest absolute Gasteiger partial charge is 0.265 e. The van der Waals surface area contributed by atoms with E-state index in [1.165, 1.54) is 43.0 Å². The third-order valence-corrected chi connectivity index (χ3v) is 5.51. The maximum atomic E-state index is 12.5. The summed E-state index contributed by atoms with van der Waals surface area (Å²) in [5, 5.41) is 2.92. The molecule has 0 unspecified atom stereocenters. The van der Waals surface area contributed by atoms with Crippen LogP contribution in [0.2, 0.25) is 0 Å². The number of rotatable bonds is 3. The van der Waals surface area contributed by atoms with Crippen molar-refractivity contribution in [3.05, 3.63) is 51.2 Å². The van der Waals surface area contributed by atoms with Crippen LogP contribution in [0.1, 0.15) is 63.1 Å². The highest BCUT2D eigenvalue weighted by Crippen LogP contribution is 2.29. The summed E-state index contributed by atoms with van der Waals surface area (Å²) >= 11 is 1.63. The molecule has 4 heteroatoms. The fourth-order valence-corrected chi connectivity index (χ4v) is 4.09.